The van der Waals surface area contributed by atoms with Gasteiger partial charge in [-0.2, -0.15) is 0 Å². The minimum atomic E-state index is -3.04. The molecular weight excluding hydrogens is 413 g/mol. The molecule has 1 saturated heterocycles. The summed E-state index contributed by atoms with van der Waals surface area (Å²) < 4.78 is 21.5. The van der Waals surface area contributed by atoms with E-state index in [9.17, 15) is 9.36 Å². The maximum atomic E-state index is 14.0. The van der Waals surface area contributed by atoms with Crippen molar-refractivity contribution < 1.29 is 14.1 Å². The van der Waals surface area contributed by atoms with E-state index in [1.165, 1.54) is 0 Å². The lowest BCUT2D eigenvalue weighted by Gasteiger charge is -2.32. The van der Waals surface area contributed by atoms with Crippen molar-refractivity contribution in [2.45, 2.75) is 25.5 Å². The molecule has 0 saturated carbocycles. The fourth-order valence-corrected chi connectivity index (χ4v) is 7.18. The average molecular weight is 436 g/mol. The summed E-state index contributed by atoms with van der Waals surface area (Å²) in [6, 6.07) is 19.1. The van der Waals surface area contributed by atoms with E-state index in [0.29, 0.717) is 0 Å². The number of carbonyl (C=O) groups excluding carboxylic acids is 1. The van der Waals surface area contributed by atoms with Gasteiger partial charge in [-0.05, 0) is 18.4 Å². The van der Waals surface area contributed by atoms with Gasteiger partial charge in [0, 0.05) is 23.2 Å². The SMILES string of the molecule is O=C(C[P@@](=O)(c1ccccc1)N1CCC[C@@H]1CBr)OCc1ccccc1. The van der Waals surface area contributed by atoms with E-state index in [0.717, 1.165) is 35.6 Å². The summed E-state index contributed by atoms with van der Waals surface area (Å²) in [7, 11) is -3.04. The van der Waals surface area contributed by atoms with Crippen LogP contribution in [0.15, 0.2) is 60.7 Å². The Hall–Kier alpha value is -1.42. The van der Waals surface area contributed by atoms with Gasteiger partial charge >= 0.3 is 5.97 Å². The van der Waals surface area contributed by atoms with Gasteiger partial charge in [0.25, 0.3) is 0 Å². The fraction of sp³-hybridized carbons (Fsp3) is 0.350. The van der Waals surface area contributed by atoms with Crippen LogP contribution in [0.3, 0.4) is 0 Å². The van der Waals surface area contributed by atoms with Crippen LogP contribution >= 0.6 is 23.2 Å². The fourth-order valence-electron chi connectivity index (χ4n) is 3.35. The Balaban J connectivity index is 1.78. The van der Waals surface area contributed by atoms with Gasteiger partial charge in [-0.3, -0.25) is 4.79 Å². The van der Waals surface area contributed by atoms with Crippen molar-refractivity contribution in [1.29, 1.82) is 0 Å². The molecule has 2 atom stereocenters. The predicted molar refractivity (Wildman–Crippen MR) is 108 cm³/mol. The molecule has 0 unspecified atom stereocenters. The molecule has 0 amide bonds. The zero-order valence-electron chi connectivity index (χ0n) is 14.6. The number of benzene rings is 2. The van der Waals surface area contributed by atoms with Crippen molar-refractivity contribution in [1.82, 2.24) is 4.67 Å². The van der Waals surface area contributed by atoms with E-state index in [2.05, 4.69) is 15.9 Å². The molecule has 2 aromatic rings. The van der Waals surface area contributed by atoms with Crippen LogP contribution in [0.4, 0.5) is 0 Å². The first kappa shape index (κ1) is 19.3. The highest BCUT2D eigenvalue weighted by molar-refractivity contribution is 9.09. The Morgan fingerprint density at radius 1 is 1.12 bits per heavy atom. The molecule has 6 heteroatoms. The molecular formula is C20H23BrNO3P. The second-order valence-electron chi connectivity index (χ2n) is 6.45. The van der Waals surface area contributed by atoms with Crippen LogP contribution in [-0.4, -0.2) is 34.7 Å². The minimum absolute atomic E-state index is 0.0899. The van der Waals surface area contributed by atoms with Crippen molar-refractivity contribution in [2.24, 2.45) is 0 Å². The number of esters is 1. The van der Waals surface area contributed by atoms with Crippen molar-refractivity contribution in [3.8, 4) is 0 Å². The number of rotatable bonds is 7. The van der Waals surface area contributed by atoms with E-state index in [-0.39, 0.29) is 18.8 Å². The molecule has 0 aliphatic carbocycles. The van der Waals surface area contributed by atoms with Gasteiger partial charge in [0.2, 0.25) is 0 Å². The molecule has 0 bridgehead atoms. The zero-order valence-corrected chi connectivity index (χ0v) is 17.1. The molecule has 1 heterocycles. The predicted octanol–water partition coefficient (Wildman–Crippen LogP) is 4.19. The lowest BCUT2D eigenvalue weighted by molar-refractivity contribution is -0.141. The maximum Gasteiger partial charge on any atom is 0.315 e. The Labute approximate surface area is 163 Å². The molecule has 1 aliphatic heterocycles. The van der Waals surface area contributed by atoms with E-state index in [4.69, 9.17) is 4.74 Å². The van der Waals surface area contributed by atoms with Gasteiger partial charge in [-0.1, -0.05) is 76.6 Å². The number of hydrogen-bond donors (Lipinski definition) is 0. The van der Waals surface area contributed by atoms with Crippen LogP contribution in [0, 0.1) is 0 Å². The highest BCUT2D eigenvalue weighted by Crippen LogP contribution is 2.52. The highest BCUT2D eigenvalue weighted by atomic mass is 79.9. The Bertz CT molecular complexity index is 769. The molecule has 138 valence electrons. The molecule has 1 aliphatic rings. The second kappa shape index (κ2) is 8.98. The van der Waals surface area contributed by atoms with Gasteiger partial charge in [0.15, 0.2) is 7.29 Å². The van der Waals surface area contributed by atoms with Crippen LogP contribution in [0.2, 0.25) is 0 Å². The van der Waals surface area contributed by atoms with E-state index >= 15 is 0 Å². The molecule has 0 spiro atoms. The van der Waals surface area contributed by atoms with E-state index < -0.39 is 13.3 Å². The monoisotopic (exact) mass is 435 g/mol. The first-order valence-electron chi connectivity index (χ1n) is 8.81. The van der Waals surface area contributed by atoms with Crippen molar-refractivity contribution >= 4 is 34.5 Å². The smallest absolute Gasteiger partial charge is 0.315 e. The third-order valence-corrected chi connectivity index (χ3v) is 8.58. The van der Waals surface area contributed by atoms with E-state index in [1.807, 2.05) is 65.3 Å². The topological polar surface area (TPSA) is 46.6 Å². The van der Waals surface area contributed by atoms with E-state index in [1.54, 1.807) is 0 Å². The summed E-state index contributed by atoms with van der Waals surface area (Å²) in [6.07, 6.45) is 1.89. The summed E-state index contributed by atoms with van der Waals surface area (Å²) in [6.45, 7) is 0.949. The molecule has 0 aromatic heterocycles. The van der Waals surface area contributed by atoms with Gasteiger partial charge in [0.05, 0.1) is 0 Å². The summed E-state index contributed by atoms with van der Waals surface area (Å²) >= 11 is 3.53. The molecule has 0 N–H and O–H groups in total. The van der Waals surface area contributed by atoms with Crippen LogP contribution in [0.25, 0.3) is 0 Å². The number of alkyl halides is 1. The minimum Gasteiger partial charge on any atom is -0.460 e. The summed E-state index contributed by atoms with van der Waals surface area (Å²) in [5.74, 6) is -0.415. The number of hydrogen-bond acceptors (Lipinski definition) is 3. The lowest BCUT2D eigenvalue weighted by atomic mass is 10.2. The summed E-state index contributed by atoms with van der Waals surface area (Å²) in [5, 5.41) is 1.48. The van der Waals surface area contributed by atoms with Gasteiger partial charge in [-0.25, -0.2) is 4.67 Å². The Morgan fingerprint density at radius 2 is 1.77 bits per heavy atom. The van der Waals surface area contributed by atoms with Crippen LogP contribution in [0.1, 0.15) is 18.4 Å². The van der Waals surface area contributed by atoms with Crippen LogP contribution in [-0.2, 0) is 20.7 Å². The Kier molecular flexibility index (Phi) is 6.68. The molecule has 0 radical (unpaired) electrons. The normalized spacial score (nSPS) is 19.8. The molecule has 26 heavy (non-hydrogen) atoms. The quantitative estimate of drug-likeness (QED) is 0.371. The summed E-state index contributed by atoms with van der Waals surface area (Å²) in [4.78, 5) is 12.5. The molecule has 1 fully saturated rings. The van der Waals surface area contributed by atoms with Crippen molar-refractivity contribution in [3.63, 3.8) is 0 Å². The number of halogens is 1. The molecule has 2 aromatic carbocycles. The molecule has 4 nitrogen and oxygen atoms in total. The third-order valence-electron chi connectivity index (χ3n) is 4.68. The van der Waals surface area contributed by atoms with Gasteiger partial charge < -0.3 is 9.30 Å². The number of ether oxygens (including phenoxy) is 1. The second-order valence-corrected chi connectivity index (χ2v) is 9.85. The zero-order chi connectivity index (χ0) is 18.4. The maximum absolute atomic E-state index is 14.0. The lowest BCUT2D eigenvalue weighted by Crippen LogP contribution is -2.35. The Morgan fingerprint density at radius 3 is 2.42 bits per heavy atom. The highest BCUT2D eigenvalue weighted by Gasteiger charge is 2.41. The van der Waals surface area contributed by atoms with Crippen molar-refractivity contribution in [2.75, 3.05) is 18.0 Å². The van der Waals surface area contributed by atoms with Crippen LogP contribution in [0.5, 0.6) is 0 Å². The first-order chi connectivity index (χ1) is 12.6. The summed E-state index contributed by atoms with van der Waals surface area (Å²) in [5.41, 5.74) is 0.926. The average Bonchev–Trinajstić information content (AvgIpc) is 3.17. The number of carbonyl (C=O) groups is 1. The third kappa shape index (κ3) is 4.46. The van der Waals surface area contributed by atoms with Crippen molar-refractivity contribution in [3.05, 3.63) is 66.2 Å². The first-order valence-corrected chi connectivity index (χ1v) is 11.8. The molecule has 3 rings (SSSR count). The van der Waals surface area contributed by atoms with Gasteiger partial charge in [-0.15, -0.1) is 0 Å². The van der Waals surface area contributed by atoms with Gasteiger partial charge in [0.1, 0.15) is 12.8 Å². The standard InChI is InChI=1S/C20H23BrNO3P/c21-14-18-10-7-13-22(18)26(24,19-11-5-2-6-12-19)16-20(23)25-15-17-8-3-1-4-9-17/h1-6,8-9,11-12,18H,7,10,13-16H2/t18-,26-/m1/s1. The number of nitrogens with zero attached hydrogens (tertiary/aromatic N) is 1. The van der Waals surface area contributed by atoms with Crippen LogP contribution < -0.4 is 5.30 Å². The largest absolute Gasteiger partial charge is 0.460 e.